The predicted octanol–water partition coefficient (Wildman–Crippen LogP) is 9.46. The molecule has 6 aromatic rings. The third-order valence-corrected chi connectivity index (χ3v) is 10.6. The molecular weight excluding hydrogens is 693 g/mol. The average Bonchev–Trinajstić information content (AvgIpc) is 3.62. The van der Waals surface area contributed by atoms with Gasteiger partial charge < -0.3 is 30.0 Å². The van der Waals surface area contributed by atoms with Crippen molar-refractivity contribution in [1.29, 1.82) is 0 Å². The molecule has 52 heavy (non-hydrogen) atoms. The van der Waals surface area contributed by atoms with Gasteiger partial charge in [-0.2, -0.15) is 0 Å². The van der Waals surface area contributed by atoms with E-state index in [4.69, 9.17) is 14.2 Å². The van der Waals surface area contributed by atoms with Gasteiger partial charge in [-0.05, 0) is 77.2 Å². The fourth-order valence-corrected chi connectivity index (χ4v) is 7.67. The first-order valence-electron chi connectivity index (χ1n) is 17.0. The van der Waals surface area contributed by atoms with Crippen LogP contribution < -0.4 is 15.4 Å². The van der Waals surface area contributed by atoms with Crippen molar-refractivity contribution in [2.24, 2.45) is 0 Å². The van der Waals surface area contributed by atoms with Gasteiger partial charge in [0.05, 0.1) is 18.8 Å². The summed E-state index contributed by atoms with van der Waals surface area (Å²) < 4.78 is 19.8. The molecule has 2 amide bonds. The lowest BCUT2D eigenvalue weighted by molar-refractivity contribution is -0.245. The molecule has 0 spiro atoms. The standard InChI is InChI=1S/C41H38N4O5S2/c1-27-44-45-41(52-27)51-26-37-23-38(31-12-10-28(25-46)11-13-31)50-39(49-37)32-16-14-30(15-17-32)33-7-5-6-29(22-33)24-42-40(47)43-34-18-20-36(21-19-34)48-35-8-3-2-4-9-35/h2-22,37-39,46H,23-26H2,1H3,(H2,42,43,47)/t37-,38+,39+/m0/s1. The molecule has 9 nitrogen and oxygen atoms in total. The third kappa shape index (κ3) is 9.44. The number of anilines is 1. The van der Waals surface area contributed by atoms with Gasteiger partial charge in [-0.15, -0.1) is 10.2 Å². The average molecular weight is 731 g/mol. The number of para-hydroxylation sites is 1. The predicted molar refractivity (Wildman–Crippen MR) is 204 cm³/mol. The molecule has 1 fully saturated rings. The zero-order valence-electron chi connectivity index (χ0n) is 28.5. The topological polar surface area (TPSA) is 115 Å². The van der Waals surface area contributed by atoms with Crippen LogP contribution in [0.3, 0.4) is 0 Å². The molecule has 11 heteroatoms. The molecule has 1 saturated heterocycles. The number of urea groups is 1. The van der Waals surface area contributed by atoms with Crippen LogP contribution in [0.15, 0.2) is 132 Å². The summed E-state index contributed by atoms with van der Waals surface area (Å²) in [6.07, 6.45) is -0.0762. The van der Waals surface area contributed by atoms with E-state index in [1.165, 1.54) is 0 Å². The highest BCUT2D eigenvalue weighted by Gasteiger charge is 2.32. The molecule has 0 radical (unpaired) electrons. The molecule has 0 unspecified atom stereocenters. The Balaban J connectivity index is 0.968. The number of ether oxygens (including phenoxy) is 3. The number of nitrogens with one attached hydrogen (secondary N) is 2. The van der Waals surface area contributed by atoms with Gasteiger partial charge in [0, 0.05) is 30.0 Å². The Labute approximate surface area is 311 Å². The zero-order valence-corrected chi connectivity index (χ0v) is 30.1. The number of benzene rings is 5. The molecule has 0 saturated carbocycles. The van der Waals surface area contributed by atoms with Gasteiger partial charge in [0.1, 0.15) is 16.5 Å². The second-order valence-electron chi connectivity index (χ2n) is 12.3. The van der Waals surface area contributed by atoms with Crippen molar-refractivity contribution in [2.45, 2.75) is 49.3 Å². The molecular formula is C41H38N4O5S2. The first kappa shape index (κ1) is 35.4. The van der Waals surface area contributed by atoms with Gasteiger partial charge in [0.2, 0.25) is 0 Å². The highest BCUT2D eigenvalue weighted by Crippen LogP contribution is 2.40. The number of carbonyl (C=O) groups is 1. The number of hydrogen-bond donors (Lipinski definition) is 3. The lowest BCUT2D eigenvalue weighted by Crippen LogP contribution is -2.31. The molecule has 1 aliphatic heterocycles. The largest absolute Gasteiger partial charge is 0.457 e. The highest BCUT2D eigenvalue weighted by molar-refractivity contribution is 8.01. The Morgan fingerprint density at radius 1 is 0.827 bits per heavy atom. The third-order valence-electron chi connectivity index (χ3n) is 8.50. The number of amides is 2. The van der Waals surface area contributed by atoms with Crippen LogP contribution in [0, 0.1) is 6.92 Å². The Bertz CT molecular complexity index is 2060. The Morgan fingerprint density at radius 3 is 2.31 bits per heavy atom. The van der Waals surface area contributed by atoms with Crippen molar-refractivity contribution in [1.82, 2.24) is 15.5 Å². The Morgan fingerprint density at radius 2 is 1.58 bits per heavy atom. The molecule has 3 atom stereocenters. The maximum atomic E-state index is 12.7. The number of rotatable bonds is 12. The number of hydrogen-bond acceptors (Lipinski definition) is 9. The fraction of sp³-hybridized carbons (Fsp3) is 0.195. The normalized spacial score (nSPS) is 17.0. The monoisotopic (exact) mass is 730 g/mol. The smallest absolute Gasteiger partial charge is 0.319 e. The van der Waals surface area contributed by atoms with E-state index in [-0.39, 0.29) is 24.8 Å². The van der Waals surface area contributed by atoms with Crippen molar-refractivity contribution >= 4 is 34.8 Å². The summed E-state index contributed by atoms with van der Waals surface area (Å²) in [5.74, 6) is 2.17. The SMILES string of the molecule is Cc1nnc(SC[C@@H]2C[C@H](c3ccc(CO)cc3)O[C@H](c3ccc(-c4cccc(CNC(=O)Nc5ccc(Oc6ccccc6)cc5)c4)cc3)O2)s1. The summed E-state index contributed by atoms with van der Waals surface area (Å²) in [4.78, 5) is 12.7. The second-order valence-corrected chi connectivity index (χ2v) is 14.8. The van der Waals surface area contributed by atoms with Crippen LogP contribution in [0.25, 0.3) is 11.1 Å². The maximum absolute atomic E-state index is 12.7. The number of aromatic nitrogens is 2. The van der Waals surface area contributed by atoms with E-state index in [1.54, 1.807) is 35.2 Å². The van der Waals surface area contributed by atoms with Crippen molar-refractivity contribution < 1.29 is 24.1 Å². The van der Waals surface area contributed by atoms with Crippen molar-refractivity contribution in [2.75, 3.05) is 11.1 Å². The quantitative estimate of drug-likeness (QED) is 0.107. The minimum absolute atomic E-state index is 0.000774. The lowest BCUT2D eigenvalue weighted by Gasteiger charge is -2.36. The van der Waals surface area contributed by atoms with Crippen LogP contribution in [-0.2, 0) is 22.6 Å². The van der Waals surface area contributed by atoms with Crippen LogP contribution in [0.1, 0.15) is 46.1 Å². The van der Waals surface area contributed by atoms with E-state index in [2.05, 4.69) is 45.1 Å². The minimum atomic E-state index is -0.547. The van der Waals surface area contributed by atoms with E-state index < -0.39 is 6.29 Å². The fourth-order valence-electron chi connectivity index (χ4n) is 5.81. The Kier molecular flexibility index (Phi) is 11.6. The van der Waals surface area contributed by atoms with Crippen molar-refractivity contribution in [3.05, 3.63) is 155 Å². The molecule has 1 aliphatic rings. The number of nitrogens with zero attached hydrogens (tertiary/aromatic N) is 2. The molecule has 7 rings (SSSR count). The number of aliphatic hydroxyl groups excluding tert-OH is 1. The van der Waals surface area contributed by atoms with Crippen LogP contribution in [0.5, 0.6) is 11.5 Å². The van der Waals surface area contributed by atoms with Crippen molar-refractivity contribution in [3.63, 3.8) is 0 Å². The van der Waals surface area contributed by atoms with Gasteiger partial charge >= 0.3 is 6.03 Å². The van der Waals surface area contributed by atoms with Crippen LogP contribution >= 0.6 is 23.1 Å². The summed E-state index contributed by atoms with van der Waals surface area (Å²) in [5, 5.41) is 24.7. The minimum Gasteiger partial charge on any atom is -0.457 e. The van der Waals surface area contributed by atoms with Crippen LogP contribution in [-0.4, -0.2) is 33.2 Å². The van der Waals surface area contributed by atoms with Gasteiger partial charge in [-0.25, -0.2) is 4.79 Å². The zero-order chi connectivity index (χ0) is 35.7. The van der Waals surface area contributed by atoms with Gasteiger partial charge in [-0.1, -0.05) is 108 Å². The highest BCUT2D eigenvalue weighted by atomic mass is 32.2. The first-order valence-corrected chi connectivity index (χ1v) is 18.8. The van der Waals surface area contributed by atoms with E-state index >= 15 is 0 Å². The van der Waals surface area contributed by atoms with Gasteiger partial charge in [-0.3, -0.25) is 0 Å². The number of carbonyl (C=O) groups excluding carboxylic acids is 1. The molecule has 5 aromatic carbocycles. The lowest BCUT2D eigenvalue weighted by atomic mass is 9.99. The Hall–Kier alpha value is -5.04. The molecule has 0 aliphatic carbocycles. The molecule has 1 aromatic heterocycles. The van der Waals surface area contributed by atoms with Crippen molar-refractivity contribution in [3.8, 4) is 22.6 Å². The summed E-state index contributed by atoms with van der Waals surface area (Å²) in [6, 6.07) is 40.8. The van der Waals surface area contributed by atoms with E-state index in [9.17, 15) is 9.90 Å². The summed E-state index contributed by atoms with van der Waals surface area (Å²) in [6.45, 7) is 2.32. The summed E-state index contributed by atoms with van der Waals surface area (Å²) in [5.41, 5.74) is 6.56. The molecule has 0 bridgehead atoms. The first-order chi connectivity index (χ1) is 25.5. The maximum Gasteiger partial charge on any atom is 0.319 e. The van der Waals surface area contributed by atoms with E-state index in [0.717, 1.165) is 54.2 Å². The molecule has 264 valence electrons. The van der Waals surface area contributed by atoms with Crippen LogP contribution in [0.4, 0.5) is 10.5 Å². The summed E-state index contributed by atoms with van der Waals surface area (Å²) in [7, 11) is 0. The second kappa shape index (κ2) is 17.0. The van der Waals surface area contributed by atoms with E-state index in [0.29, 0.717) is 24.4 Å². The van der Waals surface area contributed by atoms with Gasteiger partial charge in [0.15, 0.2) is 10.6 Å². The number of aliphatic hydroxyl groups is 1. The van der Waals surface area contributed by atoms with Gasteiger partial charge in [0.25, 0.3) is 0 Å². The van der Waals surface area contributed by atoms with E-state index in [1.807, 2.05) is 97.9 Å². The number of thioether (sulfide) groups is 1. The molecule has 2 heterocycles. The molecule has 3 N–H and O–H groups in total. The summed E-state index contributed by atoms with van der Waals surface area (Å²) >= 11 is 3.24. The number of aryl methyl sites for hydroxylation is 1. The van der Waals surface area contributed by atoms with Crippen LogP contribution in [0.2, 0.25) is 0 Å².